The number of ether oxygens (including phenoxy) is 1. The summed E-state index contributed by atoms with van der Waals surface area (Å²) in [5, 5.41) is 14.7. The van der Waals surface area contributed by atoms with Crippen LogP contribution >= 0.6 is 34.8 Å². The highest BCUT2D eigenvalue weighted by Crippen LogP contribution is 2.56. The van der Waals surface area contributed by atoms with E-state index in [2.05, 4.69) is 10.1 Å². The van der Waals surface area contributed by atoms with Gasteiger partial charge in [-0.05, 0) is 72.6 Å². The number of carboxylic acid groups (broad SMARTS) is 1. The lowest BCUT2D eigenvalue weighted by Gasteiger charge is -2.11. The zero-order chi connectivity index (χ0) is 26.6. The molecule has 2 saturated carbocycles. The molecule has 37 heavy (non-hydrogen) atoms. The monoisotopic (exact) mass is 555 g/mol. The first kappa shape index (κ1) is 23.1. The zero-order valence-corrected chi connectivity index (χ0v) is 21.6. The molecule has 2 aromatic carbocycles. The minimum Gasteiger partial charge on any atom is -0.489 e. The van der Waals surface area contributed by atoms with Crippen LogP contribution in [0.15, 0.2) is 59.3 Å². The van der Waals surface area contributed by atoms with Crippen molar-refractivity contribution in [2.45, 2.75) is 43.6 Å². The number of aromatic nitrogens is 2. The lowest BCUT2D eigenvalue weighted by molar-refractivity contribution is 0.0690. The smallest absolute Gasteiger partial charge is 0.354 e. The lowest BCUT2D eigenvalue weighted by Crippen LogP contribution is -2.00. The minimum absolute atomic E-state index is 0.0214. The summed E-state index contributed by atoms with van der Waals surface area (Å²) >= 11 is 19.5. The normalized spacial score (nSPS) is 19.8. The van der Waals surface area contributed by atoms with Crippen LogP contribution in [0.4, 0.5) is 0 Å². The molecule has 4 aromatic rings. The summed E-state index contributed by atoms with van der Waals surface area (Å²) in [6.07, 6.45) is 4.43. The molecular formula is C28H21Cl3N2O4. The third-order valence-corrected chi connectivity index (χ3v) is 7.77. The lowest BCUT2D eigenvalue weighted by atomic mass is 10.0. The predicted octanol–water partition coefficient (Wildman–Crippen LogP) is 8.12. The van der Waals surface area contributed by atoms with E-state index in [1.54, 1.807) is 42.6 Å². The summed E-state index contributed by atoms with van der Waals surface area (Å²) in [6.45, 7) is -1.13. The molecule has 0 aliphatic heterocycles. The van der Waals surface area contributed by atoms with Crippen LogP contribution in [-0.4, -0.2) is 21.2 Å². The molecule has 188 valence electrons. The number of rotatable bonds is 8. The van der Waals surface area contributed by atoms with Crippen LogP contribution in [0.1, 0.15) is 71.3 Å². The molecule has 0 amide bonds. The number of aromatic carboxylic acids is 1. The molecule has 2 aliphatic rings. The van der Waals surface area contributed by atoms with Gasteiger partial charge in [0.2, 0.25) is 0 Å². The van der Waals surface area contributed by atoms with Gasteiger partial charge in [0.25, 0.3) is 0 Å². The number of carbonyl (C=O) groups is 1. The first-order valence-electron chi connectivity index (χ1n) is 12.4. The topological polar surface area (TPSA) is 85.5 Å². The second kappa shape index (κ2) is 9.67. The third-order valence-electron chi connectivity index (χ3n) is 6.81. The SMILES string of the molecule is [2H]C(Oc1ccc(C2CC2c2ccc(C(=O)O)nc2)c(Cl)c1)c1c(-c2c(Cl)cccc2Cl)noc1C1CC1. The van der Waals surface area contributed by atoms with Crippen LogP contribution in [0.5, 0.6) is 5.75 Å². The van der Waals surface area contributed by atoms with E-state index in [0.717, 1.165) is 30.4 Å². The molecule has 0 spiro atoms. The number of benzene rings is 2. The highest BCUT2D eigenvalue weighted by atomic mass is 35.5. The summed E-state index contributed by atoms with van der Waals surface area (Å²) in [4.78, 5) is 15.1. The maximum atomic E-state index is 11.1. The van der Waals surface area contributed by atoms with Crippen molar-refractivity contribution in [3.05, 3.63) is 97.9 Å². The fourth-order valence-corrected chi connectivity index (χ4v) is 5.52. The van der Waals surface area contributed by atoms with Crippen molar-refractivity contribution in [2.75, 3.05) is 0 Å². The fraction of sp³-hybridized carbons (Fsp3) is 0.250. The number of halogens is 3. The maximum Gasteiger partial charge on any atom is 0.354 e. The van der Waals surface area contributed by atoms with Crippen molar-refractivity contribution in [1.29, 1.82) is 0 Å². The number of hydrogen-bond donors (Lipinski definition) is 1. The van der Waals surface area contributed by atoms with Gasteiger partial charge in [-0.1, -0.05) is 58.2 Å². The van der Waals surface area contributed by atoms with Crippen molar-refractivity contribution in [3.8, 4) is 17.0 Å². The summed E-state index contributed by atoms with van der Waals surface area (Å²) in [7, 11) is 0. The Labute approximate surface area is 229 Å². The van der Waals surface area contributed by atoms with Gasteiger partial charge in [0.1, 0.15) is 29.5 Å². The van der Waals surface area contributed by atoms with Crippen LogP contribution < -0.4 is 4.74 Å². The van der Waals surface area contributed by atoms with Crippen LogP contribution in [0, 0.1) is 0 Å². The second-order valence-corrected chi connectivity index (χ2v) is 10.6. The zero-order valence-electron chi connectivity index (χ0n) is 20.3. The highest BCUT2D eigenvalue weighted by Gasteiger charge is 2.41. The van der Waals surface area contributed by atoms with E-state index in [0.29, 0.717) is 43.4 Å². The average Bonchev–Trinajstić information content (AvgIpc) is 3.82. The molecule has 0 bridgehead atoms. The van der Waals surface area contributed by atoms with Gasteiger partial charge in [0.05, 0.1) is 17.0 Å². The van der Waals surface area contributed by atoms with Crippen molar-refractivity contribution in [2.24, 2.45) is 0 Å². The van der Waals surface area contributed by atoms with Gasteiger partial charge in [-0.2, -0.15) is 0 Å². The van der Waals surface area contributed by atoms with Gasteiger partial charge in [-0.15, -0.1) is 0 Å². The Morgan fingerprint density at radius 1 is 1.08 bits per heavy atom. The minimum atomic E-state index is -1.13. The largest absolute Gasteiger partial charge is 0.489 e. The third kappa shape index (κ3) is 4.81. The number of pyridine rings is 1. The highest BCUT2D eigenvalue weighted by molar-refractivity contribution is 6.39. The van der Waals surface area contributed by atoms with Gasteiger partial charge < -0.3 is 14.4 Å². The Morgan fingerprint density at radius 2 is 1.86 bits per heavy atom. The molecule has 9 heteroatoms. The molecule has 6 nitrogen and oxygen atoms in total. The number of hydrogen-bond acceptors (Lipinski definition) is 5. The Kier molecular flexibility index (Phi) is 6.04. The molecule has 1 N–H and O–H groups in total. The van der Waals surface area contributed by atoms with E-state index in [-0.39, 0.29) is 23.4 Å². The fourth-order valence-electron chi connectivity index (χ4n) is 4.64. The number of nitrogens with zero attached hydrogens (tertiary/aromatic N) is 2. The van der Waals surface area contributed by atoms with Gasteiger partial charge in [0.15, 0.2) is 0 Å². The molecule has 6 rings (SSSR count). The Hall–Kier alpha value is -3.06. The molecule has 3 unspecified atom stereocenters. The molecule has 2 aliphatic carbocycles. The standard InChI is InChI=1S/C28H21Cl3N2O4/c29-21-2-1-3-22(30)25(21)26-20(27(37-33-26)14-4-5-14)13-36-16-7-8-17(23(31)10-16)19-11-18(19)15-6-9-24(28(34)35)32-12-15/h1-3,6-10,12,14,18-19H,4-5,11,13H2,(H,34,35)/i13D. The van der Waals surface area contributed by atoms with E-state index in [1.807, 2.05) is 6.07 Å². The second-order valence-electron chi connectivity index (χ2n) is 9.33. The Bertz CT molecular complexity index is 1520. The first-order valence-corrected chi connectivity index (χ1v) is 13.0. The Balaban J connectivity index is 1.23. The Morgan fingerprint density at radius 3 is 2.51 bits per heavy atom. The molecule has 2 aromatic heterocycles. The van der Waals surface area contributed by atoms with E-state index >= 15 is 0 Å². The van der Waals surface area contributed by atoms with Crippen molar-refractivity contribution in [3.63, 3.8) is 0 Å². The molecule has 0 saturated heterocycles. The van der Waals surface area contributed by atoms with Gasteiger partial charge >= 0.3 is 5.97 Å². The molecule has 2 heterocycles. The molecule has 0 radical (unpaired) electrons. The first-order chi connectivity index (χ1) is 18.3. The van der Waals surface area contributed by atoms with Crippen molar-refractivity contribution in [1.82, 2.24) is 10.1 Å². The summed E-state index contributed by atoms with van der Waals surface area (Å²) < 4.78 is 20.6. The van der Waals surface area contributed by atoms with E-state index in [9.17, 15) is 4.79 Å². The predicted molar refractivity (Wildman–Crippen MR) is 141 cm³/mol. The van der Waals surface area contributed by atoms with Crippen molar-refractivity contribution < 1.29 is 20.5 Å². The maximum absolute atomic E-state index is 11.1. The molecular weight excluding hydrogens is 535 g/mol. The van der Waals surface area contributed by atoms with E-state index in [1.165, 1.54) is 6.07 Å². The average molecular weight is 557 g/mol. The van der Waals surface area contributed by atoms with Gasteiger partial charge in [-0.25, -0.2) is 9.78 Å². The number of carboxylic acids is 1. The quantitative estimate of drug-likeness (QED) is 0.236. The van der Waals surface area contributed by atoms with Crippen molar-refractivity contribution >= 4 is 40.8 Å². The van der Waals surface area contributed by atoms with E-state index in [4.69, 9.17) is 50.5 Å². The van der Waals surface area contributed by atoms with Gasteiger partial charge in [0, 0.05) is 22.7 Å². The molecule has 3 atom stereocenters. The molecule has 2 fully saturated rings. The van der Waals surface area contributed by atoms with Crippen LogP contribution in [0.2, 0.25) is 15.1 Å². The summed E-state index contributed by atoms with van der Waals surface area (Å²) in [5.74, 6) is 0.645. The van der Waals surface area contributed by atoms with Crippen LogP contribution in [-0.2, 0) is 6.58 Å². The van der Waals surface area contributed by atoms with Gasteiger partial charge in [-0.3, -0.25) is 0 Å². The summed E-state index contributed by atoms with van der Waals surface area (Å²) in [6, 6.07) is 13.9. The van der Waals surface area contributed by atoms with Crippen LogP contribution in [0.3, 0.4) is 0 Å². The van der Waals surface area contributed by atoms with E-state index < -0.39 is 12.6 Å². The summed E-state index contributed by atoms with van der Waals surface area (Å²) in [5.41, 5.74) is 3.42. The van der Waals surface area contributed by atoms with Crippen LogP contribution in [0.25, 0.3) is 11.3 Å².